The quantitative estimate of drug-likeness (QED) is 0.692. The van der Waals surface area contributed by atoms with Gasteiger partial charge in [0, 0.05) is 28.6 Å². The van der Waals surface area contributed by atoms with Gasteiger partial charge in [0.05, 0.1) is 43.4 Å². The van der Waals surface area contributed by atoms with Crippen molar-refractivity contribution in [2.45, 2.75) is 12.3 Å². The Morgan fingerprint density at radius 2 is 1.93 bits per heavy atom. The average molecular weight is 442 g/mol. The van der Waals surface area contributed by atoms with Crippen LogP contribution in [-0.2, 0) is 4.79 Å². The van der Waals surface area contributed by atoms with E-state index >= 15 is 0 Å². The monoisotopic (exact) mass is 441 g/mol. The highest BCUT2D eigenvalue weighted by atomic mass is 35.5. The molecule has 0 spiro atoms. The summed E-state index contributed by atoms with van der Waals surface area (Å²) >= 11 is 7.49. The number of para-hydroxylation sites is 1. The molecule has 0 unspecified atom stereocenters. The van der Waals surface area contributed by atoms with Gasteiger partial charge in [0.25, 0.3) is 0 Å². The first-order valence-corrected chi connectivity index (χ1v) is 10.7. The lowest BCUT2D eigenvalue weighted by atomic mass is 9.85. The summed E-state index contributed by atoms with van der Waals surface area (Å²) in [6.07, 6.45) is 0.199. The Morgan fingerprint density at radius 1 is 1.17 bits per heavy atom. The van der Waals surface area contributed by atoms with Crippen LogP contribution in [0.4, 0.5) is 5.69 Å². The molecule has 1 fully saturated rings. The first-order valence-electron chi connectivity index (χ1n) is 9.36. The van der Waals surface area contributed by atoms with Crippen LogP contribution >= 0.6 is 23.4 Å². The molecule has 0 aromatic heterocycles. The largest absolute Gasteiger partial charge is 0.493 e. The molecule has 4 rings (SSSR count). The van der Waals surface area contributed by atoms with E-state index in [9.17, 15) is 10.1 Å². The fraction of sp³-hybridized carbons (Fsp3) is 0.273. The maximum absolute atomic E-state index is 13.1. The number of hydrogen-bond acceptors (Lipinski definition) is 6. The molecule has 2 heterocycles. The van der Waals surface area contributed by atoms with Gasteiger partial charge < -0.3 is 14.4 Å². The number of carbonyl (C=O) groups is 1. The molecule has 1 atom stereocenters. The summed E-state index contributed by atoms with van der Waals surface area (Å²) in [7, 11) is 3.14. The van der Waals surface area contributed by atoms with E-state index < -0.39 is 0 Å². The highest BCUT2D eigenvalue weighted by Gasteiger charge is 2.39. The van der Waals surface area contributed by atoms with Crippen molar-refractivity contribution < 1.29 is 14.3 Å². The van der Waals surface area contributed by atoms with Crippen LogP contribution in [0, 0.1) is 11.3 Å². The summed E-state index contributed by atoms with van der Waals surface area (Å²) < 4.78 is 11.0. The van der Waals surface area contributed by atoms with Gasteiger partial charge >= 0.3 is 0 Å². The minimum atomic E-state index is -0.367. The minimum Gasteiger partial charge on any atom is -0.493 e. The van der Waals surface area contributed by atoms with Crippen LogP contribution in [0.5, 0.6) is 11.5 Å². The van der Waals surface area contributed by atoms with Gasteiger partial charge in [-0.05, 0) is 30.3 Å². The maximum Gasteiger partial charge on any atom is 0.229 e. The summed E-state index contributed by atoms with van der Waals surface area (Å²) in [6, 6.07) is 15.4. The van der Waals surface area contributed by atoms with Crippen LogP contribution in [-0.4, -0.2) is 37.6 Å². The number of amides is 1. The van der Waals surface area contributed by atoms with Crippen LogP contribution in [0.1, 0.15) is 17.9 Å². The van der Waals surface area contributed by atoms with Gasteiger partial charge in [-0.2, -0.15) is 5.26 Å². The number of allylic oxidation sites excluding steroid dienone is 1. The molecule has 2 aromatic rings. The lowest BCUT2D eigenvalue weighted by molar-refractivity contribution is -0.129. The molecule has 0 N–H and O–H groups in total. The van der Waals surface area contributed by atoms with E-state index in [4.69, 9.17) is 21.1 Å². The van der Waals surface area contributed by atoms with E-state index in [1.54, 1.807) is 25.2 Å². The molecule has 2 aromatic carbocycles. The topological polar surface area (TPSA) is 65.8 Å². The van der Waals surface area contributed by atoms with Crippen LogP contribution in [0.3, 0.4) is 0 Å². The number of halogens is 1. The second-order valence-electron chi connectivity index (χ2n) is 6.92. The Morgan fingerprint density at radius 3 is 2.60 bits per heavy atom. The number of rotatable bonds is 4. The Bertz CT molecular complexity index is 1050. The molecule has 8 heteroatoms. The molecule has 2 aliphatic rings. The third-order valence-electron chi connectivity index (χ3n) is 5.29. The average Bonchev–Trinajstić information content (AvgIpc) is 2.78. The Hall–Kier alpha value is -2.82. The standard InChI is InChI=1S/C22H20ClN3O3S/c1-28-19-5-3-4-16(21(19)29-2)17-10-20(27)26-12-25(13-30-22(26)18(17)11-24)15-8-6-14(23)7-9-15/h3-9,17H,10,12-13H2,1-2H3/t17-/m1/s1. The summed E-state index contributed by atoms with van der Waals surface area (Å²) in [5.41, 5.74) is 2.35. The molecule has 2 aliphatic heterocycles. The molecule has 6 nitrogen and oxygen atoms in total. The summed E-state index contributed by atoms with van der Waals surface area (Å²) in [6.45, 7) is 0.399. The molecule has 1 amide bonds. The number of hydrogen-bond donors (Lipinski definition) is 0. The molecule has 0 saturated carbocycles. The van der Waals surface area contributed by atoms with E-state index in [2.05, 4.69) is 11.0 Å². The van der Waals surface area contributed by atoms with Crippen molar-refractivity contribution in [3.63, 3.8) is 0 Å². The summed E-state index contributed by atoms with van der Waals surface area (Å²) in [5, 5.41) is 11.4. The predicted molar refractivity (Wildman–Crippen MR) is 118 cm³/mol. The minimum absolute atomic E-state index is 0.0231. The first-order chi connectivity index (χ1) is 14.6. The number of thioether (sulfide) groups is 1. The number of nitriles is 1. The van der Waals surface area contributed by atoms with Crippen molar-refractivity contribution in [1.29, 1.82) is 5.26 Å². The zero-order chi connectivity index (χ0) is 21.3. The number of ether oxygens (including phenoxy) is 2. The maximum atomic E-state index is 13.1. The van der Waals surface area contributed by atoms with Crippen molar-refractivity contribution in [1.82, 2.24) is 4.90 Å². The van der Waals surface area contributed by atoms with E-state index in [1.165, 1.54) is 11.8 Å². The van der Waals surface area contributed by atoms with E-state index in [0.29, 0.717) is 39.7 Å². The van der Waals surface area contributed by atoms with E-state index in [0.717, 1.165) is 11.3 Å². The fourth-order valence-electron chi connectivity index (χ4n) is 3.83. The Kier molecular flexibility index (Phi) is 5.80. The van der Waals surface area contributed by atoms with Crippen molar-refractivity contribution in [3.05, 3.63) is 63.7 Å². The second kappa shape index (κ2) is 8.50. The molecule has 0 radical (unpaired) electrons. The lowest BCUT2D eigenvalue weighted by Gasteiger charge is -2.42. The number of anilines is 1. The molecule has 0 bridgehead atoms. The molecular formula is C22H20ClN3O3S. The zero-order valence-corrected chi connectivity index (χ0v) is 18.2. The number of fused-ring (bicyclic) bond motifs is 1. The third kappa shape index (κ3) is 3.57. The molecule has 154 valence electrons. The van der Waals surface area contributed by atoms with Gasteiger partial charge in [0.1, 0.15) is 0 Å². The Balaban J connectivity index is 1.70. The Labute approximate surface area is 184 Å². The SMILES string of the molecule is COc1cccc([C@H]2CC(=O)N3CN(c4ccc(Cl)cc4)CSC3=C2C#N)c1OC. The van der Waals surface area contributed by atoms with Gasteiger partial charge in [-0.25, -0.2) is 0 Å². The van der Waals surface area contributed by atoms with Crippen molar-refractivity contribution in [2.24, 2.45) is 0 Å². The van der Waals surface area contributed by atoms with E-state index in [-0.39, 0.29) is 18.2 Å². The van der Waals surface area contributed by atoms with Crippen molar-refractivity contribution in [2.75, 3.05) is 31.7 Å². The predicted octanol–water partition coefficient (Wildman–Crippen LogP) is 4.58. The molecular weight excluding hydrogens is 422 g/mol. The van der Waals surface area contributed by atoms with Gasteiger partial charge in [0.2, 0.25) is 5.91 Å². The number of nitrogens with zero attached hydrogens (tertiary/aromatic N) is 3. The van der Waals surface area contributed by atoms with Crippen molar-refractivity contribution in [3.8, 4) is 17.6 Å². The van der Waals surface area contributed by atoms with Crippen LogP contribution in [0.15, 0.2) is 53.1 Å². The fourth-order valence-corrected chi connectivity index (χ4v) is 5.12. The lowest BCUT2D eigenvalue weighted by Crippen LogP contribution is -2.47. The highest BCUT2D eigenvalue weighted by molar-refractivity contribution is 8.03. The summed E-state index contributed by atoms with van der Waals surface area (Å²) in [4.78, 5) is 16.9. The van der Waals surface area contributed by atoms with Crippen molar-refractivity contribution >= 4 is 35.0 Å². The third-order valence-corrected chi connectivity index (χ3v) is 6.70. The van der Waals surface area contributed by atoms with Crippen LogP contribution < -0.4 is 14.4 Å². The van der Waals surface area contributed by atoms with E-state index in [1.807, 2.05) is 36.4 Å². The van der Waals surface area contributed by atoms with Gasteiger partial charge in [-0.15, -0.1) is 0 Å². The zero-order valence-electron chi connectivity index (χ0n) is 16.6. The van der Waals surface area contributed by atoms with Crippen LogP contribution in [0.25, 0.3) is 0 Å². The van der Waals surface area contributed by atoms with Gasteiger partial charge in [-0.3, -0.25) is 9.69 Å². The van der Waals surface area contributed by atoms with Gasteiger partial charge in [0.15, 0.2) is 11.5 Å². The number of methoxy groups -OCH3 is 2. The van der Waals surface area contributed by atoms with Gasteiger partial charge in [-0.1, -0.05) is 35.5 Å². The summed E-state index contributed by atoms with van der Waals surface area (Å²) in [5.74, 6) is 1.38. The molecule has 0 aliphatic carbocycles. The number of carbonyl (C=O) groups excluding carboxylic acids is 1. The smallest absolute Gasteiger partial charge is 0.229 e. The first kappa shape index (κ1) is 20.5. The molecule has 1 saturated heterocycles. The molecule has 30 heavy (non-hydrogen) atoms. The normalized spacial score (nSPS) is 18.7. The number of benzene rings is 2. The highest BCUT2D eigenvalue weighted by Crippen LogP contribution is 2.47. The van der Waals surface area contributed by atoms with Crippen LogP contribution in [0.2, 0.25) is 5.02 Å². The second-order valence-corrected chi connectivity index (χ2v) is 8.29.